The van der Waals surface area contributed by atoms with Gasteiger partial charge in [-0.2, -0.15) is 48.3 Å². The highest BCUT2D eigenvalue weighted by Crippen LogP contribution is 2.43. The first-order valence-electron chi connectivity index (χ1n) is 21.5. The van der Waals surface area contributed by atoms with Gasteiger partial charge in [-0.05, 0) is 87.5 Å². The van der Waals surface area contributed by atoms with Gasteiger partial charge < -0.3 is 28.4 Å². The lowest BCUT2D eigenvalue weighted by atomic mass is 9.82. The fourth-order valence-corrected chi connectivity index (χ4v) is 7.51. The molecule has 2 saturated carbocycles. The molecule has 0 spiro atoms. The van der Waals surface area contributed by atoms with Crippen molar-refractivity contribution in [3.63, 3.8) is 0 Å². The maximum Gasteiger partial charge on any atom is 0.440 e. The molecule has 2 fully saturated rings. The second-order valence-corrected chi connectivity index (χ2v) is 16.5. The summed E-state index contributed by atoms with van der Waals surface area (Å²) in [6, 6.07) is 3.89. The van der Waals surface area contributed by atoms with Crippen LogP contribution in [0.4, 0.5) is 48.3 Å². The van der Waals surface area contributed by atoms with Crippen LogP contribution in [0, 0.1) is 46.9 Å². The molecule has 348 valence electrons. The molecule has 0 saturated heterocycles. The van der Waals surface area contributed by atoms with Crippen molar-refractivity contribution < 1.29 is 76.7 Å². The average molecular weight is 893 g/mol. The summed E-state index contributed by atoms with van der Waals surface area (Å²) in [7, 11) is 0. The van der Waals surface area contributed by atoms with Crippen molar-refractivity contribution in [2.24, 2.45) is 23.7 Å². The molecule has 17 heteroatoms. The van der Waals surface area contributed by atoms with Crippen molar-refractivity contribution in [2.45, 2.75) is 154 Å². The third kappa shape index (κ3) is 16.1. The molecule has 0 radical (unpaired) electrons. The lowest BCUT2D eigenvalue weighted by Gasteiger charge is -2.32. The van der Waals surface area contributed by atoms with Crippen LogP contribution in [0.25, 0.3) is 0 Å². The molecule has 0 unspecified atom stereocenters. The fourth-order valence-electron chi connectivity index (χ4n) is 7.51. The summed E-state index contributed by atoms with van der Waals surface area (Å²) in [5.74, 6) is -10.2. The van der Waals surface area contributed by atoms with E-state index < -0.39 is 82.8 Å². The van der Waals surface area contributed by atoms with Gasteiger partial charge in [-0.3, -0.25) is 0 Å². The molecule has 0 atom stereocenters. The van der Waals surface area contributed by atoms with E-state index in [1.54, 1.807) is 0 Å². The summed E-state index contributed by atoms with van der Waals surface area (Å²) in [6.45, 7) is 3.54. The van der Waals surface area contributed by atoms with E-state index >= 15 is 0 Å². The topological polar surface area (TPSA) is 55.4 Å². The Kier molecular flexibility index (Phi) is 19.9. The fraction of sp³-hybridized carbons (Fsp3) is 0.727. The van der Waals surface area contributed by atoms with Gasteiger partial charge in [0.1, 0.15) is 0 Å². The molecule has 0 aromatic heterocycles. The van der Waals surface area contributed by atoms with Crippen LogP contribution in [0.2, 0.25) is 0 Å². The Morgan fingerprint density at radius 3 is 1.08 bits per heavy atom. The monoisotopic (exact) mass is 892 g/mol. The van der Waals surface area contributed by atoms with Gasteiger partial charge in [0.2, 0.25) is 23.3 Å². The highest BCUT2D eigenvalue weighted by molar-refractivity contribution is 5.36. The van der Waals surface area contributed by atoms with Gasteiger partial charge in [-0.1, -0.05) is 78.1 Å². The van der Waals surface area contributed by atoms with Gasteiger partial charge in [0, 0.05) is 0 Å². The summed E-state index contributed by atoms with van der Waals surface area (Å²) in [5.41, 5.74) is 0. The maximum atomic E-state index is 14.6. The molecule has 2 aromatic rings. The van der Waals surface area contributed by atoms with Gasteiger partial charge >= 0.3 is 18.4 Å². The molecule has 61 heavy (non-hydrogen) atoms. The number of halogens is 11. The zero-order valence-corrected chi connectivity index (χ0v) is 34.9. The highest BCUT2D eigenvalue weighted by Gasteiger charge is 2.46. The highest BCUT2D eigenvalue weighted by atomic mass is 19.4. The van der Waals surface area contributed by atoms with E-state index in [-0.39, 0.29) is 52.1 Å². The molecular formula is C44H59F11O6. The van der Waals surface area contributed by atoms with Crippen LogP contribution in [-0.4, -0.2) is 51.1 Å². The van der Waals surface area contributed by atoms with Crippen LogP contribution in [0.5, 0.6) is 23.0 Å². The second-order valence-electron chi connectivity index (χ2n) is 16.5. The van der Waals surface area contributed by atoms with E-state index in [4.69, 9.17) is 18.9 Å². The lowest BCUT2D eigenvalue weighted by molar-refractivity contribution is -0.310. The molecule has 0 heterocycles. The van der Waals surface area contributed by atoms with Gasteiger partial charge in [0.25, 0.3) is 6.29 Å². The summed E-state index contributed by atoms with van der Waals surface area (Å²) >= 11 is 0. The zero-order valence-electron chi connectivity index (χ0n) is 34.9. The van der Waals surface area contributed by atoms with Gasteiger partial charge in [-0.15, -0.1) is 0 Å². The predicted octanol–water partition coefficient (Wildman–Crippen LogP) is 14.1. The second kappa shape index (κ2) is 24.0. The average Bonchev–Trinajstić information content (AvgIpc) is 3.20. The first-order valence-corrected chi connectivity index (χ1v) is 21.5. The standard InChI is InChI=1S/C44H59F11O6/c1-29-13-17-31(18-14-29)43(52,53)60-35-23-21-33(37(45)39(35)47)56-25-9-5-3-7-11-27-58-41(42(49,50)51)59-28-12-8-4-6-10-26-57-34-22-24-36(40(48)38(34)46)61-44(54,55)32-19-15-30(2)16-20-32/h21-24,29-32,41H,3-20,25-28H2,1-2H3. The van der Waals surface area contributed by atoms with E-state index in [1.807, 2.05) is 13.8 Å². The Morgan fingerprint density at radius 2 is 0.738 bits per heavy atom. The minimum absolute atomic E-state index is 0.000378. The minimum atomic E-state index is -4.74. The number of benzene rings is 2. The summed E-state index contributed by atoms with van der Waals surface area (Å²) < 4.78 is 187. The van der Waals surface area contributed by atoms with Crippen molar-refractivity contribution in [3.05, 3.63) is 47.5 Å². The SMILES string of the molecule is CC1CCC(C(F)(F)Oc2ccc(OCCCCCCCOC(OCCCCCCCOc3ccc(OC(F)(F)C4CCC(C)CC4)c(F)c3F)C(F)(F)F)c(F)c2F)CC1. The first-order chi connectivity index (χ1) is 28.9. The molecule has 2 aliphatic carbocycles. The van der Waals surface area contributed by atoms with E-state index in [9.17, 15) is 48.3 Å². The Labute approximate surface area is 351 Å². The van der Waals surface area contributed by atoms with Gasteiger partial charge in [-0.25, -0.2) is 0 Å². The van der Waals surface area contributed by atoms with Crippen molar-refractivity contribution in [1.82, 2.24) is 0 Å². The molecule has 2 aliphatic rings. The summed E-state index contributed by atoms with van der Waals surface area (Å²) in [4.78, 5) is 0. The smallest absolute Gasteiger partial charge is 0.440 e. The zero-order chi connectivity index (χ0) is 44.6. The number of hydrogen-bond acceptors (Lipinski definition) is 6. The van der Waals surface area contributed by atoms with Crippen LogP contribution < -0.4 is 18.9 Å². The van der Waals surface area contributed by atoms with Crippen LogP contribution >= 0.6 is 0 Å². The van der Waals surface area contributed by atoms with E-state index in [0.717, 1.165) is 24.3 Å². The first kappa shape index (κ1) is 50.4. The Morgan fingerprint density at radius 1 is 0.443 bits per heavy atom. The van der Waals surface area contributed by atoms with E-state index in [0.29, 0.717) is 102 Å². The number of hydrogen-bond donors (Lipinski definition) is 0. The molecule has 0 aliphatic heterocycles. The van der Waals surface area contributed by atoms with Crippen LogP contribution in [-0.2, 0) is 9.47 Å². The number of ether oxygens (including phenoxy) is 6. The summed E-state index contributed by atoms with van der Waals surface area (Å²) in [6.07, 6.45) is -6.22. The molecule has 0 N–H and O–H groups in total. The van der Waals surface area contributed by atoms with Crippen molar-refractivity contribution in [1.29, 1.82) is 0 Å². The van der Waals surface area contributed by atoms with Crippen molar-refractivity contribution in [3.8, 4) is 23.0 Å². The largest absolute Gasteiger partial charge is 0.490 e. The molecule has 0 amide bonds. The molecule has 0 bridgehead atoms. The van der Waals surface area contributed by atoms with Crippen LogP contribution in [0.3, 0.4) is 0 Å². The van der Waals surface area contributed by atoms with Crippen LogP contribution in [0.15, 0.2) is 24.3 Å². The van der Waals surface area contributed by atoms with E-state index in [1.165, 1.54) is 0 Å². The quantitative estimate of drug-likeness (QED) is 0.0533. The molecule has 4 rings (SSSR count). The van der Waals surface area contributed by atoms with E-state index in [2.05, 4.69) is 9.47 Å². The number of alkyl halides is 7. The van der Waals surface area contributed by atoms with Crippen LogP contribution in [0.1, 0.15) is 129 Å². The molecular weight excluding hydrogens is 833 g/mol. The van der Waals surface area contributed by atoms with Gasteiger partial charge in [0.15, 0.2) is 23.0 Å². The Balaban J connectivity index is 1.02. The third-order valence-electron chi connectivity index (χ3n) is 11.4. The molecule has 2 aromatic carbocycles. The predicted molar refractivity (Wildman–Crippen MR) is 205 cm³/mol. The number of rotatable bonds is 26. The van der Waals surface area contributed by atoms with Gasteiger partial charge in [0.05, 0.1) is 38.3 Å². The summed E-state index contributed by atoms with van der Waals surface area (Å²) in [5, 5.41) is 0. The Bertz CT molecular complexity index is 1490. The van der Waals surface area contributed by atoms with Crippen molar-refractivity contribution >= 4 is 0 Å². The molecule has 6 nitrogen and oxygen atoms in total. The maximum absolute atomic E-state index is 14.6. The Hall–Kier alpha value is -3.21. The lowest BCUT2D eigenvalue weighted by Crippen LogP contribution is -2.37. The third-order valence-corrected chi connectivity index (χ3v) is 11.4. The van der Waals surface area contributed by atoms with Crippen molar-refractivity contribution in [2.75, 3.05) is 26.4 Å². The minimum Gasteiger partial charge on any atom is -0.490 e. The normalized spacial score (nSPS) is 20.7. The number of unbranched alkanes of at least 4 members (excludes halogenated alkanes) is 8.